The zero-order valence-electron chi connectivity index (χ0n) is 13.0. The number of nitrogens with zero attached hydrogens (tertiary/aromatic N) is 2. The van der Waals surface area contributed by atoms with Crippen molar-refractivity contribution in [3.8, 4) is 0 Å². The zero-order chi connectivity index (χ0) is 16.4. The van der Waals surface area contributed by atoms with Crippen molar-refractivity contribution < 1.29 is 5.11 Å². The first-order chi connectivity index (χ1) is 11.8. The predicted octanol–water partition coefficient (Wildman–Crippen LogP) is 4.15. The molecular weight excluding hydrogens is 296 g/mol. The summed E-state index contributed by atoms with van der Waals surface area (Å²) in [6.45, 7) is 0. The van der Waals surface area contributed by atoms with Crippen LogP contribution in [-0.4, -0.2) is 15.1 Å². The third-order valence-electron chi connectivity index (χ3n) is 4.20. The molecule has 4 rings (SSSR count). The minimum atomic E-state index is -0.669. The molecule has 1 aliphatic rings. The van der Waals surface area contributed by atoms with Gasteiger partial charge >= 0.3 is 0 Å². The summed E-state index contributed by atoms with van der Waals surface area (Å²) in [7, 11) is 0. The summed E-state index contributed by atoms with van der Waals surface area (Å²) in [5, 5.41) is 10.8. The van der Waals surface area contributed by atoms with E-state index >= 15 is 0 Å². The molecule has 0 saturated heterocycles. The van der Waals surface area contributed by atoms with E-state index in [1.54, 1.807) is 24.8 Å². The molecule has 0 amide bonds. The molecule has 3 nitrogen and oxygen atoms in total. The SMILES string of the molecule is O[C@@H](C1=C/C(=C\c2ccncc2)c2ccccc21)c1ccncc1. The summed E-state index contributed by atoms with van der Waals surface area (Å²) in [6, 6.07) is 15.8. The van der Waals surface area contributed by atoms with E-state index in [2.05, 4.69) is 34.3 Å². The average Bonchev–Trinajstić information content (AvgIpc) is 3.01. The average molecular weight is 312 g/mol. The monoisotopic (exact) mass is 312 g/mol. The van der Waals surface area contributed by atoms with E-state index in [-0.39, 0.29) is 0 Å². The summed E-state index contributed by atoms with van der Waals surface area (Å²) >= 11 is 0. The molecule has 0 fully saturated rings. The highest BCUT2D eigenvalue weighted by atomic mass is 16.3. The van der Waals surface area contributed by atoms with E-state index in [1.807, 2.05) is 36.4 Å². The smallest absolute Gasteiger partial charge is 0.105 e. The van der Waals surface area contributed by atoms with Gasteiger partial charge in [0, 0.05) is 24.8 Å². The number of aromatic nitrogens is 2. The van der Waals surface area contributed by atoms with Gasteiger partial charge in [-0.25, -0.2) is 0 Å². The number of allylic oxidation sites excluding steroid dienone is 2. The number of aliphatic hydroxyl groups excluding tert-OH is 1. The van der Waals surface area contributed by atoms with Gasteiger partial charge in [-0.05, 0) is 69.8 Å². The van der Waals surface area contributed by atoms with Crippen LogP contribution in [0.25, 0.3) is 17.2 Å². The molecule has 0 saturated carbocycles. The third kappa shape index (κ3) is 2.66. The van der Waals surface area contributed by atoms with Gasteiger partial charge in [0.25, 0.3) is 0 Å². The van der Waals surface area contributed by atoms with Gasteiger partial charge in [-0.15, -0.1) is 0 Å². The molecule has 3 aromatic rings. The van der Waals surface area contributed by atoms with Gasteiger partial charge < -0.3 is 5.11 Å². The molecule has 1 atom stereocenters. The maximum atomic E-state index is 10.8. The van der Waals surface area contributed by atoms with Crippen molar-refractivity contribution >= 4 is 17.2 Å². The second-order valence-corrected chi connectivity index (χ2v) is 5.71. The maximum absolute atomic E-state index is 10.8. The molecule has 2 aromatic heterocycles. The highest BCUT2D eigenvalue weighted by Gasteiger charge is 2.24. The largest absolute Gasteiger partial charge is 0.384 e. The Balaban J connectivity index is 1.80. The second kappa shape index (κ2) is 6.22. The molecule has 1 aliphatic carbocycles. The van der Waals surface area contributed by atoms with Gasteiger partial charge in [-0.3, -0.25) is 9.97 Å². The highest BCUT2D eigenvalue weighted by Crippen LogP contribution is 2.42. The number of hydrogen-bond acceptors (Lipinski definition) is 3. The Kier molecular flexibility index (Phi) is 3.77. The molecule has 0 spiro atoms. The number of hydrogen-bond donors (Lipinski definition) is 1. The number of benzene rings is 1. The molecule has 24 heavy (non-hydrogen) atoms. The molecule has 1 aromatic carbocycles. The fourth-order valence-electron chi connectivity index (χ4n) is 3.02. The number of rotatable bonds is 3. The lowest BCUT2D eigenvalue weighted by Gasteiger charge is -2.13. The van der Waals surface area contributed by atoms with Crippen LogP contribution in [0.1, 0.15) is 28.4 Å². The van der Waals surface area contributed by atoms with Gasteiger partial charge in [0.1, 0.15) is 6.10 Å². The van der Waals surface area contributed by atoms with Crippen molar-refractivity contribution in [2.24, 2.45) is 0 Å². The van der Waals surface area contributed by atoms with Gasteiger partial charge in [0.05, 0.1) is 0 Å². The van der Waals surface area contributed by atoms with Crippen LogP contribution in [0.2, 0.25) is 0 Å². The first-order valence-corrected chi connectivity index (χ1v) is 7.84. The minimum Gasteiger partial charge on any atom is -0.384 e. The van der Waals surface area contributed by atoms with Crippen molar-refractivity contribution in [2.75, 3.05) is 0 Å². The normalized spacial score (nSPS) is 15.9. The van der Waals surface area contributed by atoms with E-state index in [4.69, 9.17) is 0 Å². The minimum absolute atomic E-state index is 0.669. The summed E-state index contributed by atoms with van der Waals surface area (Å²) in [6.07, 6.45) is 10.5. The van der Waals surface area contributed by atoms with E-state index in [1.165, 1.54) is 0 Å². The van der Waals surface area contributed by atoms with E-state index in [0.717, 1.165) is 33.4 Å². The van der Waals surface area contributed by atoms with E-state index in [0.29, 0.717) is 0 Å². The summed E-state index contributed by atoms with van der Waals surface area (Å²) in [5.74, 6) is 0. The first-order valence-electron chi connectivity index (χ1n) is 7.84. The van der Waals surface area contributed by atoms with Crippen molar-refractivity contribution in [3.05, 3.63) is 102 Å². The molecule has 3 heteroatoms. The van der Waals surface area contributed by atoms with E-state index in [9.17, 15) is 5.11 Å². The summed E-state index contributed by atoms with van der Waals surface area (Å²) < 4.78 is 0. The third-order valence-corrected chi connectivity index (χ3v) is 4.20. The fraction of sp³-hybridized carbons (Fsp3) is 0.0476. The molecule has 0 radical (unpaired) electrons. The van der Waals surface area contributed by atoms with Crippen LogP contribution in [-0.2, 0) is 0 Å². The quantitative estimate of drug-likeness (QED) is 0.790. The zero-order valence-corrected chi connectivity index (χ0v) is 13.0. The molecule has 0 aliphatic heterocycles. The molecule has 0 unspecified atom stereocenters. The van der Waals surface area contributed by atoms with Gasteiger partial charge in [0.15, 0.2) is 0 Å². The lowest BCUT2D eigenvalue weighted by molar-refractivity contribution is 0.238. The summed E-state index contributed by atoms with van der Waals surface area (Å²) in [4.78, 5) is 8.08. The number of pyridine rings is 2. The molecule has 0 bridgehead atoms. The van der Waals surface area contributed by atoms with E-state index < -0.39 is 6.10 Å². The Bertz CT molecular complexity index is 915. The topological polar surface area (TPSA) is 46.0 Å². The molecule has 2 heterocycles. The van der Waals surface area contributed by atoms with Crippen molar-refractivity contribution in [3.63, 3.8) is 0 Å². The molecule has 1 N–H and O–H groups in total. The maximum Gasteiger partial charge on any atom is 0.105 e. The van der Waals surface area contributed by atoms with Crippen LogP contribution >= 0.6 is 0 Å². The van der Waals surface area contributed by atoms with Crippen LogP contribution in [0.15, 0.2) is 79.4 Å². The Morgan fingerprint density at radius 1 is 0.792 bits per heavy atom. The van der Waals surface area contributed by atoms with Crippen molar-refractivity contribution in [1.82, 2.24) is 9.97 Å². The van der Waals surface area contributed by atoms with Gasteiger partial charge in [0.2, 0.25) is 0 Å². The molecule has 116 valence electrons. The number of aliphatic hydroxyl groups is 1. The first kappa shape index (κ1) is 14.5. The lowest BCUT2D eigenvalue weighted by Crippen LogP contribution is -1.99. The predicted molar refractivity (Wildman–Crippen MR) is 95.7 cm³/mol. The van der Waals surface area contributed by atoms with Gasteiger partial charge in [-0.2, -0.15) is 0 Å². The number of fused-ring (bicyclic) bond motifs is 1. The van der Waals surface area contributed by atoms with Crippen molar-refractivity contribution in [2.45, 2.75) is 6.10 Å². The van der Waals surface area contributed by atoms with Crippen LogP contribution in [0, 0.1) is 0 Å². The van der Waals surface area contributed by atoms with Crippen molar-refractivity contribution in [1.29, 1.82) is 0 Å². The van der Waals surface area contributed by atoms with Crippen LogP contribution in [0.5, 0.6) is 0 Å². The summed E-state index contributed by atoms with van der Waals surface area (Å²) in [5.41, 5.74) is 6.15. The fourth-order valence-corrected chi connectivity index (χ4v) is 3.02. The highest BCUT2D eigenvalue weighted by molar-refractivity contribution is 6.02. The lowest BCUT2D eigenvalue weighted by atomic mass is 9.97. The van der Waals surface area contributed by atoms with Crippen LogP contribution in [0.4, 0.5) is 0 Å². The van der Waals surface area contributed by atoms with Crippen LogP contribution < -0.4 is 0 Å². The molecular formula is C21H16N2O. The Morgan fingerprint density at radius 3 is 2.12 bits per heavy atom. The Labute approximate surface area is 140 Å². The second-order valence-electron chi connectivity index (χ2n) is 5.71. The Morgan fingerprint density at radius 2 is 1.42 bits per heavy atom. The Hall–Kier alpha value is -3.04. The standard InChI is InChI=1S/C21H16N2O/c24-21(16-7-11-23-12-8-16)20-14-17(13-15-5-9-22-10-6-15)18-3-1-2-4-19(18)20/h1-14,21,24H/b17-13+/t21-/m1/s1. The van der Waals surface area contributed by atoms with Gasteiger partial charge in [-0.1, -0.05) is 24.3 Å². The van der Waals surface area contributed by atoms with Crippen LogP contribution in [0.3, 0.4) is 0 Å².